The number of hydrogen-bond donors (Lipinski definition) is 1. The Hall–Kier alpha value is -3.33. The van der Waals surface area contributed by atoms with Crippen molar-refractivity contribution >= 4 is 29.1 Å². The molecule has 150 valence electrons. The first-order valence-corrected chi connectivity index (χ1v) is 9.59. The fourth-order valence-electron chi connectivity index (χ4n) is 2.57. The number of amides is 1. The van der Waals surface area contributed by atoms with Gasteiger partial charge in [-0.15, -0.1) is 10.2 Å². The number of rotatable bonds is 8. The van der Waals surface area contributed by atoms with Gasteiger partial charge in [-0.2, -0.15) is 0 Å². The summed E-state index contributed by atoms with van der Waals surface area (Å²) < 4.78 is 16.1. The summed E-state index contributed by atoms with van der Waals surface area (Å²) >= 11 is 1.10. The maximum Gasteiger partial charge on any atom is 0.277 e. The van der Waals surface area contributed by atoms with Crippen molar-refractivity contribution in [1.82, 2.24) is 10.2 Å². The summed E-state index contributed by atoms with van der Waals surface area (Å²) in [6.45, 7) is 1.45. The van der Waals surface area contributed by atoms with Crippen molar-refractivity contribution in [2.24, 2.45) is 0 Å². The van der Waals surface area contributed by atoms with Crippen LogP contribution in [0.15, 0.2) is 52.1 Å². The molecule has 1 N–H and O–H groups in total. The van der Waals surface area contributed by atoms with Gasteiger partial charge in [0.25, 0.3) is 5.22 Å². The van der Waals surface area contributed by atoms with Gasteiger partial charge in [-0.05, 0) is 37.3 Å². The van der Waals surface area contributed by atoms with E-state index in [2.05, 4.69) is 15.5 Å². The highest BCUT2D eigenvalue weighted by atomic mass is 32.2. The lowest BCUT2D eigenvalue weighted by atomic mass is 10.1. The highest BCUT2D eigenvalue weighted by Gasteiger charge is 2.15. The minimum atomic E-state index is -0.283. The molecule has 0 bridgehead atoms. The predicted molar refractivity (Wildman–Crippen MR) is 109 cm³/mol. The number of methoxy groups -OCH3 is 2. The molecule has 0 fully saturated rings. The molecule has 8 nitrogen and oxygen atoms in total. The van der Waals surface area contributed by atoms with Gasteiger partial charge in [0.2, 0.25) is 11.8 Å². The number of para-hydroxylation sites is 1. The second kappa shape index (κ2) is 9.24. The monoisotopic (exact) mass is 413 g/mol. The van der Waals surface area contributed by atoms with Crippen molar-refractivity contribution < 1.29 is 23.5 Å². The largest absolute Gasteiger partial charge is 0.493 e. The highest BCUT2D eigenvalue weighted by molar-refractivity contribution is 7.99. The average Bonchev–Trinajstić information content (AvgIpc) is 3.21. The summed E-state index contributed by atoms with van der Waals surface area (Å²) in [6, 6.07) is 12.1. The molecule has 29 heavy (non-hydrogen) atoms. The molecule has 3 rings (SSSR count). The first-order chi connectivity index (χ1) is 14.0. The van der Waals surface area contributed by atoms with Crippen molar-refractivity contribution in [3.8, 4) is 23.0 Å². The van der Waals surface area contributed by atoms with Crippen LogP contribution in [-0.4, -0.2) is 41.9 Å². The number of benzene rings is 2. The van der Waals surface area contributed by atoms with Crippen molar-refractivity contribution in [3.63, 3.8) is 0 Å². The number of Topliss-reactive ketones (excluding diaryl/α,β-unsaturated/α-hetero) is 1. The van der Waals surface area contributed by atoms with Gasteiger partial charge in [0, 0.05) is 11.1 Å². The van der Waals surface area contributed by atoms with Crippen molar-refractivity contribution in [1.29, 1.82) is 0 Å². The van der Waals surface area contributed by atoms with Crippen LogP contribution in [0.4, 0.5) is 5.69 Å². The molecular formula is C20H19N3O5S. The Morgan fingerprint density at radius 2 is 1.83 bits per heavy atom. The highest BCUT2D eigenvalue weighted by Crippen LogP contribution is 2.32. The van der Waals surface area contributed by atoms with Gasteiger partial charge in [0.1, 0.15) is 0 Å². The van der Waals surface area contributed by atoms with E-state index < -0.39 is 0 Å². The molecular weight excluding hydrogens is 394 g/mol. The predicted octanol–water partition coefficient (Wildman–Crippen LogP) is 3.69. The number of carbonyl (C=O) groups is 2. The molecule has 0 spiro atoms. The molecule has 0 radical (unpaired) electrons. The molecule has 0 aliphatic rings. The van der Waals surface area contributed by atoms with E-state index in [9.17, 15) is 9.59 Å². The number of aromatic nitrogens is 2. The Labute approximate surface area is 171 Å². The van der Waals surface area contributed by atoms with Crippen LogP contribution in [0.5, 0.6) is 11.5 Å². The van der Waals surface area contributed by atoms with E-state index in [0.29, 0.717) is 34.2 Å². The summed E-state index contributed by atoms with van der Waals surface area (Å²) in [5.41, 5.74) is 1.60. The summed E-state index contributed by atoms with van der Waals surface area (Å²) in [5, 5.41) is 10.9. The summed E-state index contributed by atoms with van der Waals surface area (Å²) in [5.74, 6) is 1.09. The minimum absolute atomic E-state index is 0.0554. The van der Waals surface area contributed by atoms with E-state index in [1.807, 2.05) is 0 Å². The maximum absolute atomic E-state index is 12.2. The molecule has 1 heterocycles. The van der Waals surface area contributed by atoms with E-state index in [1.54, 1.807) is 56.7 Å². The van der Waals surface area contributed by atoms with Gasteiger partial charge in [-0.1, -0.05) is 23.9 Å². The van der Waals surface area contributed by atoms with E-state index in [4.69, 9.17) is 13.9 Å². The number of ketones is 1. The van der Waals surface area contributed by atoms with Crippen molar-refractivity contribution in [2.45, 2.75) is 12.1 Å². The van der Waals surface area contributed by atoms with Gasteiger partial charge >= 0.3 is 0 Å². The molecule has 0 aliphatic carbocycles. The molecule has 3 aromatic rings. The van der Waals surface area contributed by atoms with Crippen molar-refractivity contribution in [2.75, 3.05) is 25.3 Å². The lowest BCUT2D eigenvalue weighted by Gasteiger charge is -2.08. The SMILES string of the molecule is COc1ccc(-c2nnc(SCC(=O)Nc3ccccc3C(C)=O)o2)cc1OC. The number of nitrogens with zero attached hydrogens (tertiary/aromatic N) is 2. The van der Waals surface area contributed by atoms with Crippen LogP contribution < -0.4 is 14.8 Å². The number of nitrogens with one attached hydrogen (secondary N) is 1. The molecule has 1 aromatic heterocycles. The van der Waals surface area contributed by atoms with Crippen LogP contribution >= 0.6 is 11.8 Å². The molecule has 0 saturated carbocycles. The van der Waals surface area contributed by atoms with Gasteiger partial charge in [-0.3, -0.25) is 9.59 Å². The van der Waals surface area contributed by atoms with Crippen LogP contribution in [0.25, 0.3) is 11.5 Å². The van der Waals surface area contributed by atoms with E-state index in [-0.39, 0.29) is 22.7 Å². The topological polar surface area (TPSA) is 104 Å². The number of ether oxygens (including phenoxy) is 2. The molecule has 1 amide bonds. The summed E-state index contributed by atoms with van der Waals surface area (Å²) in [7, 11) is 3.10. The van der Waals surface area contributed by atoms with Gasteiger partial charge in [-0.25, -0.2) is 0 Å². The zero-order chi connectivity index (χ0) is 20.8. The first-order valence-electron chi connectivity index (χ1n) is 8.60. The number of carbonyl (C=O) groups excluding carboxylic acids is 2. The quantitative estimate of drug-likeness (QED) is 0.440. The zero-order valence-electron chi connectivity index (χ0n) is 16.1. The van der Waals surface area contributed by atoms with Crippen LogP contribution in [-0.2, 0) is 4.79 Å². The molecule has 2 aromatic carbocycles. The fraction of sp³-hybridized carbons (Fsp3) is 0.200. The number of thioether (sulfide) groups is 1. The van der Waals surface area contributed by atoms with Gasteiger partial charge in [0.15, 0.2) is 17.3 Å². The average molecular weight is 413 g/mol. The smallest absolute Gasteiger partial charge is 0.277 e. The first kappa shape index (κ1) is 20.4. The molecule has 9 heteroatoms. The van der Waals surface area contributed by atoms with Gasteiger partial charge < -0.3 is 19.2 Å². The van der Waals surface area contributed by atoms with E-state index in [1.165, 1.54) is 6.92 Å². The van der Waals surface area contributed by atoms with Gasteiger partial charge in [0.05, 0.1) is 25.7 Å². The normalized spacial score (nSPS) is 10.4. The second-order valence-corrected chi connectivity index (χ2v) is 6.81. The van der Waals surface area contributed by atoms with Crippen LogP contribution in [0.2, 0.25) is 0 Å². The third kappa shape index (κ3) is 4.94. The standard InChI is InChI=1S/C20H19N3O5S/c1-12(24)14-6-4-5-7-15(14)21-18(25)11-29-20-23-22-19(28-20)13-8-9-16(26-2)17(10-13)27-3/h4-10H,11H2,1-3H3,(H,21,25). The molecule has 0 aliphatic heterocycles. The Morgan fingerprint density at radius 1 is 1.07 bits per heavy atom. The Balaban J connectivity index is 1.64. The summed E-state index contributed by atoms with van der Waals surface area (Å²) in [6.07, 6.45) is 0. The van der Waals surface area contributed by atoms with Crippen LogP contribution in [0.3, 0.4) is 0 Å². The molecule has 0 atom stereocenters. The molecule has 0 unspecified atom stereocenters. The van der Waals surface area contributed by atoms with Crippen LogP contribution in [0.1, 0.15) is 17.3 Å². The minimum Gasteiger partial charge on any atom is -0.493 e. The second-order valence-electron chi connectivity index (χ2n) is 5.88. The number of hydrogen-bond acceptors (Lipinski definition) is 8. The van der Waals surface area contributed by atoms with E-state index >= 15 is 0 Å². The summed E-state index contributed by atoms with van der Waals surface area (Å²) in [4.78, 5) is 23.9. The Morgan fingerprint density at radius 3 is 2.55 bits per heavy atom. The number of anilines is 1. The fourth-order valence-corrected chi connectivity index (χ4v) is 3.13. The van der Waals surface area contributed by atoms with E-state index in [0.717, 1.165) is 11.8 Å². The van der Waals surface area contributed by atoms with Crippen molar-refractivity contribution in [3.05, 3.63) is 48.0 Å². The zero-order valence-corrected chi connectivity index (χ0v) is 16.9. The third-order valence-corrected chi connectivity index (χ3v) is 4.76. The Kier molecular flexibility index (Phi) is 6.50. The maximum atomic E-state index is 12.2. The Bertz CT molecular complexity index is 1030. The molecule has 0 saturated heterocycles. The third-order valence-electron chi connectivity index (χ3n) is 3.94. The lowest BCUT2D eigenvalue weighted by molar-refractivity contribution is -0.113. The lowest BCUT2D eigenvalue weighted by Crippen LogP contribution is -2.16. The van der Waals surface area contributed by atoms with Crippen LogP contribution in [0, 0.1) is 0 Å².